The molecule has 2 aliphatic rings. The largest absolute Gasteiger partial charge is 0.445 e. The number of nitrogens with zero attached hydrogens (tertiary/aromatic N) is 1. The number of amides is 1. The molecule has 1 aromatic carbocycles. The maximum atomic E-state index is 12.0. The fourth-order valence-electron chi connectivity index (χ4n) is 2.75. The summed E-state index contributed by atoms with van der Waals surface area (Å²) in [5.74, 6) is 0.619. The van der Waals surface area contributed by atoms with Gasteiger partial charge in [0, 0.05) is 0 Å². The van der Waals surface area contributed by atoms with Gasteiger partial charge in [-0.15, -0.1) is 0 Å². The van der Waals surface area contributed by atoms with E-state index in [9.17, 15) is 10.1 Å². The Kier molecular flexibility index (Phi) is 3.35. The van der Waals surface area contributed by atoms with Crippen molar-refractivity contribution in [3.8, 4) is 6.07 Å². The SMILES string of the molecule is N#CC(NC(=O)OCc1ccccc1)(C1CC1)C1CC1. The molecule has 0 bridgehead atoms. The molecule has 4 heteroatoms. The van der Waals surface area contributed by atoms with Gasteiger partial charge in [-0.3, -0.25) is 0 Å². The predicted octanol–water partition coefficient (Wildman–Crippen LogP) is 3.00. The van der Waals surface area contributed by atoms with Gasteiger partial charge in [0.05, 0.1) is 6.07 Å². The van der Waals surface area contributed by atoms with E-state index in [1.165, 1.54) is 0 Å². The minimum atomic E-state index is -0.687. The van der Waals surface area contributed by atoms with Crippen molar-refractivity contribution in [3.63, 3.8) is 0 Å². The van der Waals surface area contributed by atoms with Crippen LogP contribution in [0.15, 0.2) is 30.3 Å². The van der Waals surface area contributed by atoms with Crippen LogP contribution in [0, 0.1) is 23.2 Å². The van der Waals surface area contributed by atoms with Gasteiger partial charge >= 0.3 is 6.09 Å². The Morgan fingerprint density at radius 3 is 2.35 bits per heavy atom. The maximum absolute atomic E-state index is 12.0. The van der Waals surface area contributed by atoms with Crippen LogP contribution in [0.25, 0.3) is 0 Å². The molecule has 3 rings (SSSR count). The molecule has 2 saturated carbocycles. The number of rotatable bonds is 5. The van der Waals surface area contributed by atoms with Crippen molar-refractivity contribution in [2.45, 2.75) is 37.8 Å². The monoisotopic (exact) mass is 270 g/mol. The van der Waals surface area contributed by atoms with E-state index in [4.69, 9.17) is 4.74 Å². The van der Waals surface area contributed by atoms with E-state index in [0.717, 1.165) is 31.2 Å². The van der Waals surface area contributed by atoms with Crippen molar-refractivity contribution in [2.75, 3.05) is 0 Å². The van der Waals surface area contributed by atoms with E-state index in [2.05, 4.69) is 11.4 Å². The highest BCUT2D eigenvalue weighted by atomic mass is 16.5. The summed E-state index contributed by atoms with van der Waals surface area (Å²) in [6.45, 7) is 0.240. The van der Waals surface area contributed by atoms with Crippen LogP contribution >= 0.6 is 0 Å². The summed E-state index contributed by atoms with van der Waals surface area (Å²) in [5, 5.41) is 12.4. The van der Waals surface area contributed by atoms with E-state index in [1.807, 2.05) is 30.3 Å². The number of hydrogen-bond acceptors (Lipinski definition) is 3. The summed E-state index contributed by atoms with van der Waals surface area (Å²) < 4.78 is 5.24. The lowest BCUT2D eigenvalue weighted by Crippen LogP contribution is -2.51. The molecule has 0 aliphatic heterocycles. The third-order valence-electron chi connectivity index (χ3n) is 4.15. The van der Waals surface area contributed by atoms with Crippen molar-refractivity contribution >= 4 is 6.09 Å². The van der Waals surface area contributed by atoms with Crippen molar-refractivity contribution < 1.29 is 9.53 Å². The zero-order valence-electron chi connectivity index (χ0n) is 11.3. The Bertz CT molecular complexity index is 515. The molecular weight excluding hydrogens is 252 g/mol. The van der Waals surface area contributed by atoms with Gasteiger partial charge in [-0.05, 0) is 43.1 Å². The minimum Gasteiger partial charge on any atom is -0.445 e. The van der Waals surface area contributed by atoms with Gasteiger partial charge in [-0.1, -0.05) is 30.3 Å². The summed E-state index contributed by atoms with van der Waals surface area (Å²) in [6.07, 6.45) is 3.65. The molecular formula is C16H18N2O2. The summed E-state index contributed by atoms with van der Waals surface area (Å²) in [4.78, 5) is 12.0. The standard InChI is InChI=1S/C16H18N2O2/c17-11-16(13-6-7-13,14-8-9-14)18-15(19)20-10-12-4-2-1-3-5-12/h1-5,13-14H,6-10H2,(H,18,19). The third kappa shape index (κ3) is 2.62. The second kappa shape index (κ2) is 5.16. The van der Waals surface area contributed by atoms with E-state index in [0.29, 0.717) is 11.8 Å². The summed E-state index contributed by atoms with van der Waals surface area (Å²) in [7, 11) is 0. The predicted molar refractivity (Wildman–Crippen MR) is 73.6 cm³/mol. The van der Waals surface area contributed by atoms with Gasteiger partial charge in [0.1, 0.15) is 12.1 Å². The van der Waals surface area contributed by atoms with Crippen LogP contribution in [-0.2, 0) is 11.3 Å². The van der Waals surface area contributed by atoms with Crippen LogP contribution in [-0.4, -0.2) is 11.6 Å². The van der Waals surface area contributed by atoms with E-state index < -0.39 is 11.6 Å². The molecule has 2 fully saturated rings. The van der Waals surface area contributed by atoms with Crippen molar-refractivity contribution in [2.24, 2.45) is 11.8 Å². The molecule has 0 unspecified atom stereocenters. The minimum absolute atomic E-state index is 0.240. The van der Waals surface area contributed by atoms with Gasteiger partial charge in [-0.2, -0.15) is 5.26 Å². The summed E-state index contributed by atoms with van der Waals surface area (Å²) >= 11 is 0. The Morgan fingerprint density at radius 2 is 1.85 bits per heavy atom. The van der Waals surface area contributed by atoms with Crippen molar-refractivity contribution in [1.29, 1.82) is 5.26 Å². The van der Waals surface area contributed by atoms with Crippen molar-refractivity contribution in [3.05, 3.63) is 35.9 Å². The normalized spacial score (nSPS) is 18.1. The highest BCUT2D eigenvalue weighted by Crippen LogP contribution is 2.51. The first-order chi connectivity index (χ1) is 9.74. The fourth-order valence-corrected chi connectivity index (χ4v) is 2.75. The Hall–Kier alpha value is -2.02. The lowest BCUT2D eigenvalue weighted by molar-refractivity contribution is 0.126. The van der Waals surface area contributed by atoms with Crippen LogP contribution in [0.3, 0.4) is 0 Å². The highest BCUT2D eigenvalue weighted by Gasteiger charge is 2.56. The summed E-state index contributed by atoms with van der Waals surface area (Å²) in [6, 6.07) is 11.9. The quantitative estimate of drug-likeness (QED) is 0.894. The molecule has 0 saturated heterocycles. The van der Waals surface area contributed by atoms with Gasteiger partial charge in [0.2, 0.25) is 0 Å². The molecule has 0 aromatic heterocycles. The van der Waals surface area contributed by atoms with Gasteiger partial charge in [-0.25, -0.2) is 4.79 Å². The molecule has 0 atom stereocenters. The Morgan fingerprint density at radius 1 is 1.25 bits per heavy atom. The summed E-state index contributed by atoms with van der Waals surface area (Å²) in [5.41, 5.74) is 0.261. The number of ether oxygens (including phenoxy) is 1. The number of hydrogen-bond donors (Lipinski definition) is 1. The molecule has 104 valence electrons. The fraction of sp³-hybridized carbons (Fsp3) is 0.500. The number of alkyl carbamates (subject to hydrolysis) is 1. The van der Waals surface area contributed by atoms with Crippen LogP contribution < -0.4 is 5.32 Å². The van der Waals surface area contributed by atoms with Gasteiger partial charge < -0.3 is 10.1 Å². The van der Waals surface area contributed by atoms with E-state index in [1.54, 1.807) is 0 Å². The number of nitriles is 1. The average Bonchev–Trinajstić information content (AvgIpc) is 3.35. The highest BCUT2D eigenvalue weighted by molar-refractivity contribution is 5.69. The lowest BCUT2D eigenvalue weighted by atomic mass is 9.89. The molecule has 1 N–H and O–H groups in total. The zero-order chi connectivity index (χ0) is 14.0. The van der Waals surface area contributed by atoms with Crippen LogP contribution in [0.4, 0.5) is 4.79 Å². The molecule has 2 aliphatic carbocycles. The van der Waals surface area contributed by atoms with Gasteiger partial charge in [0.15, 0.2) is 0 Å². The molecule has 0 heterocycles. The Balaban J connectivity index is 1.59. The number of carbonyl (C=O) groups excluding carboxylic acids is 1. The third-order valence-corrected chi connectivity index (χ3v) is 4.15. The van der Waals surface area contributed by atoms with E-state index >= 15 is 0 Å². The smallest absolute Gasteiger partial charge is 0.408 e. The topological polar surface area (TPSA) is 62.1 Å². The first kappa shape index (κ1) is 13.0. The number of carbonyl (C=O) groups is 1. The molecule has 1 amide bonds. The number of benzene rings is 1. The Labute approximate surface area is 118 Å². The first-order valence-corrected chi connectivity index (χ1v) is 7.15. The number of nitrogens with one attached hydrogen (secondary N) is 1. The second-order valence-corrected chi connectivity index (χ2v) is 5.72. The molecule has 20 heavy (non-hydrogen) atoms. The van der Waals surface area contributed by atoms with Crippen molar-refractivity contribution in [1.82, 2.24) is 5.32 Å². The molecule has 1 aromatic rings. The first-order valence-electron chi connectivity index (χ1n) is 7.15. The molecule has 0 radical (unpaired) electrons. The molecule has 0 spiro atoms. The zero-order valence-corrected chi connectivity index (χ0v) is 11.3. The van der Waals surface area contributed by atoms with E-state index in [-0.39, 0.29) is 6.61 Å². The lowest BCUT2D eigenvalue weighted by Gasteiger charge is -2.27. The van der Waals surface area contributed by atoms with Crippen LogP contribution in [0.1, 0.15) is 31.2 Å². The molecule has 4 nitrogen and oxygen atoms in total. The average molecular weight is 270 g/mol. The maximum Gasteiger partial charge on any atom is 0.408 e. The van der Waals surface area contributed by atoms with Crippen LogP contribution in [0.2, 0.25) is 0 Å². The second-order valence-electron chi connectivity index (χ2n) is 5.72. The van der Waals surface area contributed by atoms with Crippen LogP contribution in [0.5, 0.6) is 0 Å². The van der Waals surface area contributed by atoms with Gasteiger partial charge in [0.25, 0.3) is 0 Å².